The van der Waals surface area contributed by atoms with E-state index in [1.165, 1.54) is 23.9 Å². The fourth-order valence-electron chi connectivity index (χ4n) is 1.19. The highest BCUT2D eigenvalue weighted by Crippen LogP contribution is 2.30. The predicted octanol–water partition coefficient (Wildman–Crippen LogP) is 4.34. The fraction of sp³-hybridized carbons (Fsp3) is 0. The largest absolute Gasteiger partial charge is 0.505 e. The highest BCUT2D eigenvalue weighted by atomic mass is 35.5. The Morgan fingerprint density at radius 3 is 2.25 bits per heavy atom. The number of phenolic OH excluding ortho intramolecular Hbond substituents is 1. The molecule has 0 saturated heterocycles. The van der Waals surface area contributed by atoms with E-state index in [1.54, 1.807) is 18.2 Å². The minimum absolute atomic E-state index is 0.333. The lowest BCUT2D eigenvalue weighted by atomic mass is 10.3. The molecule has 1 N–H and O–H groups in total. The summed E-state index contributed by atoms with van der Waals surface area (Å²) < 4.78 is 13.1. The van der Waals surface area contributed by atoms with E-state index in [-0.39, 0.29) is 5.75 Å². The highest BCUT2D eigenvalue weighted by molar-refractivity contribution is 7.99. The third-order valence-corrected chi connectivity index (χ3v) is 3.22. The van der Waals surface area contributed by atoms with Crippen LogP contribution in [0.1, 0.15) is 0 Å². The van der Waals surface area contributed by atoms with Gasteiger partial charge in [0, 0.05) is 14.8 Å². The van der Waals surface area contributed by atoms with Gasteiger partial charge in [-0.15, -0.1) is 0 Å². The van der Waals surface area contributed by atoms with E-state index < -0.39 is 5.82 Å². The van der Waals surface area contributed by atoms with Gasteiger partial charge in [0.2, 0.25) is 0 Å². The molecule has 2 rings (SSSR count). The maximum absolute atomic E-state index is 13.1. The molecule has 0 atom stereocenters. The van der Waals surface area contributed by atoms with Crippen molar-refractivity contribution in [3.8, 4) is 5.75 Å². The van der Waals surface area contributed by atoms with Gasteiger partial charge in [0.25, 0.3) is 0 Å². The Morgan fingerprint density at radius 1 is 1.00 bits per heavy atom. The van der Waals surface area contributed by atoms with Crippen LogP contribution in [0.15, 0.2) is 52.3 Å². The van der Waals surface area contributed by atoms with Crippen LogP contribution in [0.2, 0.25) is 5.02 Å². The van der Waals surface area contributed by atoms with E-state index in [9.17, 15) is 4.39 Å². The summed E-state index contributed by atoms with van der Waals surface area (Å²) in [7, 11) is 0. The molecule has 82 valence electrons. The van der Waals surface area contributed by atoms with Crippen LogP contribution in [-0.4, -0.2) is 5.11 Å². The molecule has 16 heavy (non-hydrogen) atoms. The average Bonchev–Trinajstić information content (AvgIpc) is 2.27. The number of hydrogen-bond donors (Lipinski definition) is 1. The molecule has 0 aliphatic rings. The molecular weight excluding hydrogens is 247 g/mol. The fourth-order valence-corrected chi connectivity index (χ4v) is 2.16. The van der Waals surface area contributed by atoms with E-state index in [1.807, 2.05) is 12.1 Å². The van der Waals surface area contributed by atoms with Crippen molar-refractivity contribution in [3.63, 3.8) is 0 Å². The van der Waals surface area contributed by atoms with Crippen molar-refractivity contribution in [2.45, 2.75) is 9.79 Å². The Bertz CT molecular complexity index is 499. The molecule has 0 aromatic heterocycles. The molecule has 2 aromatic carbocycles. The number of hydrogen-bond acceptors (Lipinski definition) is 2. The summed E-state index contributed by atoms with van der Waals surface area (Å²) in [5.41, 5.74) is 0. The van der Waals surface area contributed by atoms with Crippen LogP contribution in [0.5, 0.6) is 5.75 Å². The van der Waals surface area contributed by atoms with Crippen molar-refractivity contribution in [3.05, 3.63) is 53.3 Å². The van der Waals surface area contributed by atoms with Crippen LogP contribution < -0.4 is 0 Å². The summed E-state index contributed by atoms with van der Waals surface area (Å²) in [5, 5.41) is 9.71. The smallest absolute Gasteiger partial charge is 0.165 e. The van der Waals surface area contributed by atoms with Crippen LogP contribution >= 0.6 is 23.4 Å². The average molecular weight is 255 g/mol. The van der Waals surface area contributed by atoms with Gasteiger partial charge in [0.15, 0.2) is 11.6 Å². The Labute approximate surface area is 102 Å². The van der Waals surface area contributed by atoms with Crippen LogP contribution in [0.3, 0.4) is 0 Å². The van der Waals surface area contributed by atoms with Crippen molar-refractivity contribution < 1.29 is 9.50 Å². The Kier molecular flexibility index (Phi) is 3.36. The lowest BCUT2D eigenvalue weighted by Gasteiger charge is -2.02. The summed E-state index contributed by atoms with van der Waals surface area (Å²) in [6.45, 7) is 0. The standard InChI is InChI=1S/C12H8ClFOS/c13-8-1-3-9(4-2-8)16-10-5-6-12(15)11(14)7-10/h1-7,15H. The van der Waals surface area contributed by atoms with E-state index in [0.29, 0.717) is 5.02 Å². The molecule has 0 radical (unpaired) electrons. The number of aromatic hydroxyl groups is 1. The molecule has 0 saturated carbocycles. The van der Waals surface area contributed by atoms with Gasteiger partial charge < -0.3 is 5.11 Å². The summed E-state index contributed by atoms with van der Waals surface area (Å²) in [6.07, 6.45) is 0. The molecule has 4 heteroatoms. The lowest BCUT2D eigenvalue weighted by Crippen LogP contribution is -1.78. The first-order valence-corrected chi connectivity index (χ1v) is 5.76. The van der Waals surface area contributed by atoms with Crippen molar-refractivity contribution in [2.24, 2.45) is 0 Å². The third-order valence-electron chi connectivity index (χ3n) is 1.97. The maximum Gasteiger partial charge on any atom is 0.165 e. The third kappa shape index (κ3) is 2.68. The monoisotopic (exact) mass is 254 g/mol. The van der Waals surface area contributed by atoms with Crippen LogP contribution in [0.25, 0.3) is 0 Å². The molecule has 0 fully saturated rings. The zero-order valence-electron chi connectivity index (χ0n) is 8.15. The molecule has 0 aliphatic heterocycles. The van der Waals surface area contributed by atoms with Gasteiger partial charge in [-0.3, -0.25) is 0 Å². The summed E-state index contributed by atoms with van der Waals surface area (Å²) in [6, 6.07) is 11.6. The molecule has 0 unspecified atom stereocenters. The predicted molar refractivity (Wildman–Crippen MR) is 63.6 cm³/mol. The minimum Gasteiger partial charge on any atom is -0.505 e. The van der Waals surface area contributed by atoms with Crippen LogP contribution in [0, 0.1) is 5.82 Å². The Hall–Kier alpha value is -1.19. The zero-order valence-corrected chi connectivity index (χ0v) is 9.73. The Morgan fingerprint density at radius 2 is 1.62 bits per heavy atom. The van der Waals surface area contributed by atoms with Gasteiger partial charge in [-0.25, -0.2) is 4.39 Å². The highest BCUT2D eigenvalue weighted by Gasteiger charge is 2.03. The van der Waals surface area contributed by atoms with Crippen molar-refractivity contribution in [1.82, 2.24) is 0 Å². The van der Waals surface area contributed by atoms with Gasteiger partial charge in [-0.1, -0.05) is 23.4 Å². The molecule has 0 aliphatic carbocycles. The van der Waals surface area contributed by atoms with Crippen molar-refractivity contribution >= 4 is 23.4 Å². The zero-order chi connectivity index (χ0) is 11.5. The van der Waals surface area contributed by atoms with E-state index >= 15 is 0 Å². The quantitative estimate of drug-likeness (QED) is 0.861. The van der Waals surface area contributed by atoms with Crippen molar-refractivity contribution in [2.75, 3.05) is 0 Å². The minimum atomic E-state index is -0.612. The first-order chi connectivity index (χ1) is 7.65. The van der Waals surface area contributed by atoms with Gasteiger partial charge >= 0.3 is 0 Å². The number of rotatable bonds is 2. The molecule has 0 spiro atoms. The summed E-state index contributed by atoms with van der Waals surface area (Å²) in [4.78, 5) is 1.70. The summed E-state index contributed by atoms with van der Waals surface area (Å²) in [5.74, 6) is -0.945. The topological polar surface area (TPSA) is 20.2 Å². The van der Waals surface area contributed by atoms with Crippen LogP contribution in [-0.2, 0) is 0 Å². The molecule has 2 aromatic rings. The lowest BCUT2D eigenvalue weighted by molar-refractivity contribution is 0.431. The van der Waals surface area contributed by atoms with Gasteiger partial charge in [0.05, 0.1) is 0 Å². The molecule has 1 nitrogen and oxygen atoms in total. The van der Waals surface area contributed by atoms with Gasteiger partial charge in [-0.05, 0) is 42.5 Å². The summed E-state index contributed by atoms with van der Waals surface area (Å²) >= 11 is 7.17. The van der Waals surface area contributed by atoms with Gasteiger partial charge in [0.1, 0.15) is 0 Å². The van der Waals surface area contributed by atoms with Crippen molar-refractivity contribution in [1.29, 1.82) is 0 Å². The number of phenols is 1. The second kappa shape index (κ2) is 4.76. The first-order valence-electron chi connectivity index (χ1n) is 4.57. The second-order valence-corrected chi connectivity index (χ2v) is 4.75. The second-order valence-electron chi connectivity index (χ2n) is 3.17. The normalized spacial score (nSPS) is 10.4. The molecular formula is C12H8ClFOS. The first kappa shape index (κ1) is 11.3. The van der Waals surface area contributed by atoms with E-state index in [2.05, 4.69) is 0 Å². The number of halogens is 2. The maximum atomic E-state index is 13.1. The molecule has 0 amide bonds. The SMILES string of the molecule is Oc1ccc(Sc2ccc(Cl)cc2)cc1F. The van der Waals surface area contributed by atoms with E-state index in [4.69, 9.17) is 16.7 Å². The van der Waals surface area contributed by atoms with E-state index in [0.717, 1.165) is 9.79 Å². The van der Waals surface area contributed by atoms with Crippen LogP contribution in [0.4, 0.5) is 4.39 Å². The number of benzene rings is 2. The Balaban J connectivity index is 2.20. The molecule has 0 bridgehead atoms. The van der Waals surface area contributed by atoms with Gasteiger partial charge in [-0.2, -0.15) is 0 Å². The molecule has 0 heterocycles.